The molecule has 0 bridgehead atoms. The number of hydrogen-bond donors (Lipinski definition) is 1. The lowest BCUT2D eigenvalue weighted by Crippen LogP contribution is -2.48. The quantitative estimate of drug-likeness (QED) is 0.833. The number of likely N-dealkylation sites (N-methyl/N-ethyl adjacent to an activating group) is 1. The van der Waals surface area contributed by atoms with Gasteiger partial charge in [0.15, 0.2) is 0 Å². The Morgan fingerprint density at radius 1 is 1.22 bits per heavy atom. The summed E-state index contributed by atoms with van der Waals surface area (Å²) >= 11 is 0. The van der Waals surface area contributed by atoms with Crippen LogP contribution in [-0.2, 0) is 4.74 Å². The second-order valence-electron chi connectivity index (χ2n) is 6.61. The van der Waals surface area contributed by atoms with Crippen LogP contribution in [0, 0.1) is 0 Å². The molecule has 2 unspecified atom stereocenters. The Labute approximate surface area is 111 Å². The minimum atomic E-state index is 0.261. The summed E-state index contributed by atoms with van der Waals surface area (Å²) in [7, 11) is 2.27. The van der Waals surface area contributed by atoms with Crippen LogP contribution in [0.25, 0.3) is 0 Å². The first-order valence-electron chi connectivity index (χ1n) is 7.85. The van der Waals surface area contributed by atoms with Crippen molar-refractivity contribution in [3.8, 4) is 0 Å². The molecule has 3 nitrogen and oxygen atoms in total. The summed E-state index contributed by atoms with van der Waals surface area (Å²) in [6.45, 7) is 3.43. The van der Waals surface area contributed by atoms with Crippen molar-refractivity contribution in [3.63, 3.8) is 0 Å². The van der Waals surface area contributed by atoms with E-state index in [0.29, 0.717) is 6.04 Å². The van der Waals surface area contributed by atoms with Gasteiger partial charge in [-0.1, -0.05) is 12.8 Å². The third-order valence-electron chi connectivity index (χ3n) is 5.32. The number of likely N-dealkylation sites (tertiary alicyclic amines) is 1. The lowest BCUT2D eigenvalue weighted by atomic mass is 9.89. The molecular formula is C15H28N2O. The predicted molar refractivity (Wildman–Crippen MR) is 73.8 cm³/mol. The summed E-state index contributed by atoms with van der Waals surface area (Å²) in [6.07, 6.45) is 10.6. The van der Waals surface area contributed by atoms with Crippen molar-refractivity contribution in [1.82, 2.24) is 10.2 Å². The van der Waals surface area contributed by atoms with Crippen molar-refractivity contribution in [2.45, 2.75) is 69.1 Å². The Morgan fingerprint density at radius 2 is 2.06 bits per heavy atom. The number of ether oxygens (including phenoxy) is 1. The van der Waals surface area contributed by atoms with E-state index in [9.17, 15) is 0 Å². The van der Waals surface area contributed by atoms with Crippen LogP contribution in [0.1, 0.15) is 51.4 Å². The van der Waals surface area contributed by atoms with Gasteiger partial charge in [-0.15, -0.1) is 0 Å². The topological polar surface area (TPSA) is 24.5 Å². The molecule has 2 atom stereocenters. The van der Waals surface area contributed by atoms with Gasteiger partial charge in [-0.05, 0) is 52.1 Å². The molecule has 0 radical (unpaired) electrons. The minimum absolute atomic E-state index is 0.261. The molecule has 104 valence electrons. The van der Waals surface area contributed by atoms with E-state index in [-0.39, 0.29) is 5.60 Å². The molecule has 1 N–H and O–H groups in total. The molecule has 1 aliphatic carbocycles. The highest BCUT2D eigenvalue weighted by atomic mass is 16.5. The van der Waals surface area contributed by atoms with Crippen molar-refractivity contribution in [1.29, 1.82) is 0 Å². The fraction of sp³-hybridized carbons (Fsp3) is 1.00. The molecule has 0 aromatic heterocycles. The van der Waals surface area contributed by atoms with Crippen molar-refractivity contribution >= 4 is 0 Å². The SMILES string of the molecule is CN1CCCC1CNC1CCOC2(CCCC2)C1. The number of rotatable bonds is 3. The molecule has 3 aliphatic rings. The van der Waals surface area contributed by atoms with Gasteiger partial charge in [0.2, 0.25) is 0 Å². The fourth-order valence-electron chi connectivity index (χ4n) is 4.11. The molecule has 2 saturated heterocycles. The van der Waals surface area contributed by atoms with Crippen LogP contribution in [0.3, 0.4) is 0 Å². The molecule has 18 heavy (non-hydrogen) atoms. The predicted octanol–water partition coefficient (Wildman–Crippen LogP) is 2.16. The Balaban J connectivity index is 1.47. The maximum absolute atomic E-state index is 6.10. The molecule has 3 rings (SSSR count). The fourth-order valence-corrected chi connectivity index (χ4v) is 4.11. The number of hydrogen-bond acceptors (Lipinski definition) is 3. The highest BCUT2D eigenvalue weighted by Gasteiger charge is 2.39. The Hall–Kier alpha value is -0.120. The van der Waals surface area contributed by atoms with Gasteiger partial charge in [-0.2, -0.15) is 0 Å². The van der Waals surface area contributed by atoms with E-state index in [1.54, 1.807) is 0 Å². The number of nitrogens with zero attached hydrogens (tertiary/aromatic N) is 1. The first-order chi connectivity index (χ1) is 8.77. The summed E-state index contributed by atoms with van der Waals surface area (Å²) in [5.74, 6) is 0. The van der Waals surface area contributed by atoms with Crippen LogP contribution in [0.15, 0.2) is 0 Å². The van der Waals surface area contributed by atoms with Gasteiger partial charge in [0.05, 0.1) is 5.60 Å². The third kappa shape index (κ3) is 2.73. The molecule has 3 heteroatoms. The van der Waals surface area contributed by atoms with Crippen molar-refractivity contribution in [2.75, 3.05) is 26.7 Å². The Kier molecular flexibility index (Phi) is 3.92. The zero-order valence-electron chi connectivity index (χ0n) is 11.8. The van der Waals surface area contributed by atoms with Gasteiger partial charge in [-0.3, -0.25) is 0 Å². The third-order valence-corrected chi connectivity index (χ3v) is 5.32. The monoisotopic (exact) mass is 252 g/mol. The summed E-state index contributed by atoms with van der Waals surface area (Å²) in [5, 5.41) is 3.82. The van der Waals surface area contributed by atoms with Gasteiger partial charge >= 0.3 is 0 Å². The standard InChI is InChI=1S/C15H28N2O/c1-17-9-4-5-14(17)12-16-13-6-10-18-15(11-13)7-2-3-8-15/h13-14,16H,2-12H2,1H3. The van der Waals surface area contributed by atoms with Gasteiger partial charge in [0, 0.05) is 25.2 Å². The van der Waals surface area contributed by atoms with Crippen LogP contribution in [0.5, 0.6) is 0 Å². The first kappa shape index (κ1) is 12.9. The summed E-state index contributed by atoms with van der Waals surface area (Å²) in [6, 6.07) is 1.47. The Morgan fingerprint density at radius 3 is 2.78 bits per heavy atom. The number of nitrogens with one attached hydrogen (secondary N) is 1. The van der Waals surface area contributed by atoms with E-state index >= 15 is 0 Å². The van der Waals surface area contributed by atoms with E-state index < -0.39 is 0 Å². The minimum Gasteiger partial charge on any atom is -0.375 e. The van der Waals surface area contributed by atoms with Crippen molar-refractivity contribution < 1.29 is 4.74 Å². The smallest absolute Gasteiger partial charge is 0.0697 e. The lowest BCUT2D eigenvalue weighted by molar-refractivity contribution is -0.0838. The summed E-state index contributed by atoms with van der Waals surface area (Å²) in [4.78, 5) is 2.51. The maximum Gasteiger partial charge on any atom is 0.0697 e. The highest BCUT2D eigenvalue weighted by molar-refractivity contribution is 4.94. The van der Waals surface area contributed by atoms with Crippen LogP contribution < -0.4 is 5.32 Å². The van der Waals surface area contributed by atoms with E-state index in [4.69, 9.17) is 4.74 Å². The van der Waals surface area contributed by atoms with Gasteiger partial charge in [0.1, 0.15) is 0 Å². The largest absolute Gasteiger partial charge is 0.375 e. The summed E-state index contributed by atoms with van der Waals surface area (Å²) in [5.41, 5.74) is 0.261. The highest BCUT2D eigenvalue weighted by Crippen LogP contribution is 2.39. The van der Waals surface area contributed by atoms with Gasteiger partial charge in [0.25, 0.3) is 0 Å². The molecule has 1 saturated carbocycles. The zero-order valence-corrected chi connectivity index (χ0v) is 11.8. The molecule has 0 amide bonds. The second-order valence-corrected chi connectivity index (χ2v) is 6.61. The molecule has 0 aromatic rings. The molecule has 3 fully saturated rings. The van der Waals surface area contributed by atoms with E-state index in [0.717, 1.165) is 12.6 Å². The molecule has 0 aromatic carbocycles. The second kappa shape index (κ2) is 5.48. The lowest BCUT2D eigenvalue weighted by Gasteiger charge is -2.39. The summed E-state index contributed by atoms with van der Waals surface area (Å²) < 4.78 is 6.10. The van der Waals surface area contributed by atoms with Crippen LogP contribution in [0.2, 0.25) is 0 Å². The van der Waals surface area contributed by atoms with Gasteiger partial charge < -0.3 is 15.0 Å². The zero-order chi connectivity index (χ0) is 12.4. The van der Waals surface area contributed by atoms with Crippen LogP contribution in [0.4, 0.5) is 0 Å². The maximum atomic E-state index is 6.10. The van der Waals surface area contributed by atoms with Crippen molar-refractivity contribution in [3.05, 3.63) is 0 Å². The Bertz CT molecular complexity index is 276. The molecule has 2 heterocycles. The van der Waals surface area contributed by atoms with E-state index in [1.807, 2.05) is 0 Å². The van der Waals surface area contributed by atoms with E-state index in [1.165, 1.54) is 64.5 Å². The van der Waals surface area contributed by atoms with E-state index in [2.05, 4.69) is 17.3 Å². The molecule has 2 aliphatic heterocycles. The average molecular weight is 252 g/mol. The van der Waals surface area contributed by atoms with Crippen LogP contribution in [-0.4, -0.2) is 49.3 Å². The average Bonchev–Trinajstić information content (AvgIpc) is 2.97. The van der Waals surface area contributed by atoms with Gasteiger partial charge in [-0.25, -0.2) is 0 Å². The normalized spacial score (nSPS) is 36.5. The van der Waals surface area contributed by atoms with Crippen LogP contribution >= 0.6 is 0 Å². The molecular weight excluding hydrogens is 224 g/mol. The molecule has 1 spiro atoms. The first-order valence-corrected chi connectivity index (χ1v) is 7.85. The van der Waals surface area contributed by atoms with Crippen molar-refractivity contribution in [2.24, 2.45) is 0 Å².